The van der Waals surface area contributed by atoms with Crippen LogP contribution in [0, 0.1) is 6.92 Å². The molecule has 1 amide bonds. The Bertz CT molecular complexity index is 390. The molecule has 1 heterocycles. The molecule has 1 aromatic heterocycles. The van der Waals surface area contributed by atoms with Crippen LogP contribution >= 0.6 is 22.9 Å². The third-order valence-electron chi connectivity index (χ3n) is 3.14. The Morgan fingerprint density at radius 2 is 2.41 bits per heavy atom. The Labute approximate surface area is 111 Å². The molecule has 94 valence electrons. The molecular weight excluding hydrogens is 256 g/mol. The summed E-state index contributed by atoms with van der Waals surface area (Å²) in [5, 5.41) is 0.944. The molecule has 0 aromatic carbocycles. The van der Waals surface area contributed by atoms with E-state index in [2.05, 4.69) is 4.98 Å². The van der Waals surface area contributed by atoms with Gasteiger partial charge < -0.3 is 4.90 Å². The Hall–Kier alpha value is -0.610. The first-order chi connectivity index (χ1) is 8.22. The SMILES string of the molecule is Cc1ncc(C(=O)N(CCCCl)C2CCC2)s1. The maximum Gasteiger partial charge on any atom is 0.265 e. The van der Waals surface area contributed by atoms with Crippen LogP contribution in [-0.4, -0.2) is 34.3 Å². The molecule has 0 spiro atoms. The molecule has 1 aliphatic rings. The number of alkyl halides is 1. The number of rotatable bonds is 5. The van der Waals surface area contributed by atoms with Crippen molar-refractivity contribution in [2.75, 3.05) is 12.4 Å². The Morgan fingerprint density at radius 1 is 1.65 bits per heavy atom. The predicted octanol–water partition coefficient (Wildman–Crippen LogP) is 3.08. The van der Waals surface area contributed by atoms with Crippen molar-refractivity contribution >= 4 is 28.8 Å². The average molecular weight is 273 g/mol. The van der Waals surface area contributed by atoms with Crippen LogP contribution < -0.4 is 0 Å². The van der Waals surface area contributed by atoms with Gasteiger partial charge in [0.05, 0.1) is 11.2 Å². The van der Waals surface area contributed by atoms with Gasteiger partial charge in [-0.2, -0.15) is 0 Å². The van der Waals surface area contributed by atoms with Crippen LogP contribution in [0.15, 0.2) is 6.20 Å². The summed E-state index contributed by atoms with van der Waals surface area (Å²) >= 11 is 7.19. The summed E-state index contributed by atoms with van der Waals surface area (Å²) in [6, 6.07) is 0.424. The van der Waals surface area contributed by atoms with Crippen LogP contribution in [0.4, 0.5) is 0 Å². The molecule has 0 radical (unpaired) electrons. The molecule has 1 saturated carbocycles. The fraction of sp³-hybridized carbons (Fsp3) is 0.667. The maximum atomic E-state index is 12.4. The monoisotopic (exact) mass is 272 g/mol. The van der Waals surface area contributed by atoms with E-state index >= 15 is 0 Å². The van der Waals surface area contributed by atoms with Crippen LogP contribution in [-0.2, 0) is 0 Å². The molecule has 0 aliphatic heterocycles. The van der Waals surface area contributed by atoms with Crippen LogP contribution in [0.1, 0.15) is 40.4 Å². The third kappa shape index (κ3) is 2.99. The Morgan fingerprint density at radius 3 is 2.88 bits per heavy atom. The third-order valence-corrected chi connectivity index (χ3v) is 4.31. The number of carbonyl (C=O) groups excluding carboxylic acids is 1. The van der Waals surface area contributed by atoms with E-state index in [4.69, 9.17) is 11.6 Å². The molecule has 1 aliphatic carbocycles. The summed E-state index contributed by atoms with van der Waals surface area (Å²) in [6.45, 7) is 2.69. The zero-order valence-corrected chi connectivity index (χ0v) is 11.6. The lowest BCUT2D eigenvalue weighted by Crippen LogP contribution is -2.44. The van der Waals surface area contributed by atoms with Gasteiger partial charge in [-0.1, -0.05) is 0 Å². The summed E-state index contributed by atoms with van der Waals surface area (Å²) in [5.74, 6) is 0.739. The molecular formula is C12H17ClN2OS. The lowest BCUT2D eigenvalue weighted by molar-refractivity contribution is 0.0585. The fourth-order valence-corrected chi connectivity index (χ4v) is 2.83. The van der Waals surface area contributed by atoms with Gasteiger partial charge in [-0.25, -0.2) is 4.98 Å². The van der Waals surface area contributed by atoms with E-state index in [9.17, 15) is 4.79 Å². The number of aromatic nitrogens is 1. The molecule has 5 heteroatoms. The van der Waals surface area contributed by atoms with Gasteiger partial charge in [0.2, 0.25) is 0 Å². The second kappa shape index (κ2) is 5.83. The molecule has 0 atom stereocenters. The molecule has 1 aromatic rings. The van der Waals surface area contributed by atoms with Crippen LogP contribution in [0.5, 0.6) is 0 Å². The minimum absolute atomic E-state index is 0.130. The van der Waals surface area contributed by atoms with Crippen molar-refractivity contribution in [1.29, 1.82) is 0 Å². The highest BCUT2D eigenvalue weighted by Crippen LogP contribution is 2.27. The number of amides is 1. The number of hydrogen-bond acceptors (Lipinski definition) is 3. The van der Waals surface area contributed by atoms with Crippen molar-refractivity contribution in [3.05, 3.63) is 16.1 Å². The summed E-state index contributed by atoms with van der Waals surface area (Å²) in [7, 11) is 0. The normalized spacial score (nSPS) is 15.6. The van der Waals surface area contributed by atoms with E-state index in [1.807, 2.05) is 11.8 Å². The highest BCUT2D eigenvalue weighted by Gasteiger charge is 2.29. The largest absolute Gasteiger partial charge is 0.335 e. The first kappa shape index (κ1) is 12.8. The minimum Gasteiger partial charge on any atom is -0.335 e. The molecule has 17 heavy (non-hydrogen) atoms. The van der Waals surface area contributed by atoms with Gasteiger partial charge >= 0.3 is 0 Å². The summed E-state index contributed by atoms with van der Waals surface area (Å²) < 4.78 is 0. The van der Waals surface area contributed by atoms with Crippen LogP contribution in [0.3, 0.4) is 0 Å². The highest BCUT2D eigenvalue weighted by molar-refractivity contribution is 7.13. The first-order valence-electron chi connectivity index (χ1n) is 6.01. The van der Waals surface area contributed by atoms with E-state index in [0.717, 1.165) is 35.7 Å². The van der Waals surface area contributed by atoms with Crippen molar-refractivity contribution in [3.63, 3.8) is 0 Å². The molecule has 2 rings (SSSR count). The molecule has 0 saturated heterocycles. The Kier molecular flexibility index (Phi) is 4.40. The molecule has 0 bridgehead atoms. The van der Waals surface area contributed by atoms with Crippen molar-refractivity contribution < 1.29 is 4.79 Å². The second-order valence-corrected chi connectivity index (χ2v) is 5.98. The van der Waals surface area contributed by atoms with Gasteiger partial charge in [-0.3, -0.25) is 4.79 Å². The van der Waals surface area contributed by atoms with E-state index < -0.39 is 0 Å². The van der Waals surface area contributed by atoms with E-state index in [-0.39, 0.29) is 5.91 Å². The van der Waals surface area contributed by atoms with Crippen LogP contribution in [0.2, 0.25) is 0 Å². The number of carbonyl (C=O) groups is 1. The van der Waals surface area contributed by atoms with Crippen molar-refractivity contribution in [2.24, 2.45) is 0 Å². The zero-order valence-electron chi connectivity index (χ0n) is 9.99. The predicted molar refractivity (Wildman–Crippen MR) is 70.9 cm³/mol. The van der Waals surface area contributed by atoms with Gasteiger partial charge in [0.25, 0.3) is 5.91 Å². The molecule has 1 fully saturated rings. The van der Waals surface area contributed by atoms with Gasteiger partial charge in [0.15, 0.2) is 0 Å². The quantitative estimate of drug-likeness (QED) is 0.772. The maximum absolute atomic E-state index is 12.4. The standard InChI is InChI=1S/C12H17ClN2OS/c1-9-14-8-11(17-9)12(16)15(7-3-6-13)10-4-2-5-10/h8,10H,2-7H2,1H3. The Balaban J connectivity index is 2.06. The first-order valence-corrected chi connectivity index (χ1v) is 7.37. The summed E-state index contributed by atoms with van der Waals surface area (Å²) in [6.07, 6.45) is 6.05. The van der Waals surface area contributed by atoms with Gasteiger partial charge in [0, 0.05) is 18.5 Å². The smallest absolute Gasteiger partial charge is 0.265 e. The zero-order chi connectivity index (χ0) is 12.3. The number of halogens is 1. The lowest BCUT2D eigenvalue weighted by atomic mass is 9.91. The molecule has 0 unspecified atom stereocenters. The molecule has 0 N–H and O–H groups in total. The number of thiazole rings is 1. The van der Waals surface area contributed by atoms with Gasteiger partial charge in [-0.15, -0.1) is 22.9 Å². The topological polar surface area (TPSA) is 33.2 Å². The second-order valence-electron chi connectivity index (χ2n) is 4.37. The van der Waals surface area contributed by atoms with E-state index in [1.165, 1.54) is 17.8 Å². The average Bonchev–Trinajstić information content (AvgIpc) is 2.67. The van der Waals surface area contributed by atoms with E-state index in [1.54, 1.807) is 6.20 Å². The van der Waals surface area contributed by atoms with Crippen molar-refractivity contribution in [3.8, 4) is 0 Å². The van der Waals surface area contributed by atoms with Crippen LogP contribution in [0.25, 0.3) is 0 Å². The summed E-state index contributed by atoms with van der Waals surface area (Å²) in [4.78, 5) is 19.2. The fourth-order valence-electron chi connectivity index (χ4n) is 1.98. The summed E-state index contributed by atoms with van der Waals surface area (Å²) in [5.41, 5.74) is 0. The highest BCUT2D eigenvalue weighted by atomic mass is 35.5. The molecule has 3 nitrogen and oxygen atoms in total. The number of hydrogen-bond donors (Lipinski definition) is 0. The van der Waals surface area contributed by atoms with Crippen molar-refractivity contribution in [1.82, 2.24) is 9.88 Å². The number of nitrogens with zero attached hydrogens (tertiary/aromatic N) is 2. The van der Waals surface area contributed by atoms with Gasteiger partial charge in [0.1, 0.15) is 4.88 Å². The van der Waals surface area contributed by atoms with Crippen molar-refractivity contribution in [2.45, 2.75) is 38.6 Å². The minimum atomic E-state index is 0.130. The lowest BCUT2D eigenvalue weighted by Gasteiger charge is -2.37. The van der Waals surface area contributed by atoms with E-state index in [0.29, 0.717) is 11.9 Å². The van der Waals surface area contributed by atoms with Gasteiger partial charge in [-0.05, 0) is 32.6 Å². The number of aryl methyl sites for hydroxylation is 1.